The summed E-state index contributed by atoms with van der Waals surface area (Å²) in [4.78, 5) is 4.25. The van der Waals surface area contributed by atoms with Gasteiger partial charge in [0, 0.05) is 23.0 Å². The Bertz CT molecular complexity index is 591. The van der Waals surface area contributed by atoms with E-state index in [1.54, 1.807) is 6.20 Å². The van der Waals surface area contributed by atoms with Gasteiger partial charge in [-0.2, -0.15) is 0 Å². The summed E-state index contributed by atoms with van der Waals surface area (Å²) >= 11 is 0. The summed E-state index contributed by atoms with van der Waals surface area (Å²) in [6, 6.07) is 10.0. The number of aromatic nitrogens is 1. The molecule has 0 unspecified atom stereocenters. The molecule has 2 aromatic rings. The molecular formula is C16H18N2O. The Labute approximate surface area is 113 Å². The molecule has 0 spiro atoms. The third kappa shape index (κ3) is 2.55. The fraction of sp³-hybridized carbons (Fsp3) is 0.312. The molecule has 2 N–H and O–H groups in total. The zero-order valence-corrected chi connectivity index (χ0v) is 11.1. The lowest BCUT2D eigenvalue weighted by atomic mass is 10.0. The Morgan fingerprint density at radius 2 is 2.11 bits per heavy atom. The normalized spacial score (nSPS) is 14.4. The summed E-state index contributed by atoms with van der Waals surface area (Å²) in [5.74, 6) is 1.36. The van der Waals surface area contributed by atoms with Gasteiger partial charge in [0.15, 0.2) is 0 Å². The van der Waals surface area contributed by atoms with Gasteiger partial charge in [0.1, 0.15) is 6.61 Å². The van der Waals surface area contributed by atoms with Crippen LogP contribution >= 0.6 is 0 Å². The van der Waals surface area contributed by atoms with Crippen molar-refractivity contribution < 1.29 is 4.74 Å². The largest absolute Gasteiger partial charge is 0.473 e. The number of ether oxygens (including phenoxy) is 1. The maximum Gasteiger partial charge on any atom is 0.216 e. The molecule has 1 heterocycles. The van der Waals surface area contributed by atoms with E-state index in [4.69, 9.17) is 10.5 Å². The van der Waals surface area contributed by atoms with Gasteiger partial charge in [-0.1, -0.05) is 18.2 Å². The van der Waals surface area contributed by atoms with Gasteiger partial charge in [-0.05, 0) is 43.4 Å². The zero-order chi connectivity index (χ0) is 13.2. The van der Waals surface area contributed by atoms with E-state index in [0.29, 0.717) is 18.4 Å². The fourth-order valence-electron chi connectivity index (χ4n) is 2.33. The van der Waals surface area contributed by atoms with E-state index in [0.717, 1.165) is 16.8 Å². The van der Waals surface area contributed by atoms with Crippen LogP contribution in [0.4, 0.5) is 5.69 Å². The van der Waals surface area contributed by atoms with Crippen molar-refractivity contribution in [2.24, 2.45) is 0 Å². The second kappa shape index (κ2) is 4.92. The Kier molecular flexibility index (Phi) is 3.11. The summed E-state index contributed by atoms with van der Waals surface area (Å²) in [5.41, 5.74) is 10.4. The maximum absolute atomic E-state index is 6.09. The van der Waals surface area contributed by atoms with Crippen molar-refractivity contribution in [1.82, 2.24) is 4.98 Å². The van der Waals surface area contributed by atoms with Crippen LogP contribution in [0, 0.1) is 6.92 Å². The lowest BCUT2D eigenvalue weighted by Gasteiger charge is -2.13. The molecule has 0 radical (unpaired) electrons. The Morgan fingerprint density at radius 3 is 2.84 bits per heavy atom. The lowest BCUT2D eigenvalue weighted by molar-refractivity contribution is 0.291. The molecule has 0 atom stereocenters. The van der Waals surface area contributed by atoms with Crippen LogP contribution in [0.5, 0.6) is 5.88 Å². The van der Waals surface area contributed by atoms with Crippen LogP contribution < -0.4 is 10.5 Å². The second-order valence-corrected chi connectivity index (χ2v) is 5.10. The third-order valence-corrected chi connectivity index (χ3v) is 3.58. The van der Waals surface area contributed by atoms with Gasteiger partial charge in [0.05, 0.1) is 0 Å². The molecule has 1 fully saturated rings. The van der Waals surface area contributed by atoms with E-state index in [-0.39, 0.29) is 0 Å². The molecule has 0 amide bonds. The molecule has 1 aromatic carbocycles. The summed E-state index contributed by atoms with van der Waals surface area (Å²) in [5, 5.41) is 0. The molecule has 19 heavy (non-hydrogen) atoms. The number of hydrogen-bond acceptors (Lipinski definition) is 3. The smallest absolute Gasteiger partial charge is 0.216 e. The van der Waals surface area contributed by atoms with Crippen LogP contribution in [-0.2, 0) is 6.61 Å². The van der Waals surface area contributed by atoms with Crippen molar-refractivity contribution >= 4 is 5.69 Å². The van der Waals surface area contributed by atoms with Crippen LogP contribution in [0.3, 0.4) is 0 Å². The van der Waals surface area contributed by atoms with E-state index in [9.17, 15) is 0 Å². The van der Waals surface area contributed by atoms with Gasteiger partial charge in [-0.25, -0.2) is 4.98 Å². The molecule has 0 bridgehead atoms. The number of rotatable bonds is 4. The van der Waals surface area contributed by atoms with Crippen LogP contribution in [0.15, 0.2) is 36.5 Å². The standard InChI is InChI=1S/C16H18N2O/c1-11-4-3-9-18-16(11)19-10-14-13(12-7-8-12)5-2-6-15(14)17/h2-6,9,12H,7-8,10,17H2,1H3. The summed E-state index contributed by atoms with van der Waals surface area (Å²) < 4.78 is 5.83. The molecule has 1 aromatic heterocycles. The van der Waals surface area contributed by atoms with E-state index >= 15 is 0 Å². The van der Waals surface area contributed by atoms with Crippen molar-refractivity contribution in [2.45, 2.75) is 32.3 Å². The van der Waals surface area contributed by atoms with Gasteiger partial charge >= 0.3 is 0 Å². The van der Waals surface area contributed by atoms with Crippen molar-refractivity contribution in [2.75, 3.05) is 5.73 Å². The van der Waals surface area contributed by atoms with Crippen LogP contribution in [0.2, 0.25) is 0 Å². The van der Waals surface area contributed by atoms with Gasteiger partial charge < -0.3 is 10.5 Å². The Balaban J connectivity index is 1.82. The topological polar surface area (TPSA) is 48.1 Å². The van der Waals surface area contributed by atoms with Crippen molar-refractivity contribution in [1.29, 1.82) is 0 Å². The van der Waals surface area contributed by atoms with Crippen molar-refractivity contribution in [3.05, 3.63) is 53.2 Å². The quantitative estimate of drug-likeness (QED) is 0.850. The first-order valence-electron chi connectivity index (χ1n) is 6.67. The minimum atomic E-state index is 0.496. The molecule has 0 saturated heterocycles. The molecule has 3 rings (SSSR count). The molecule has 0 aliphatic heterocycles. The number of pyridine rings is 1. The van der Waals surface area contributed by atoms with Crippen LogP contribution in [-0.4, -0.2) is 4.98 Å². The van der Waals surface area contributed by atoms with Crippen LogP contribution in [0.1, 0.15) is 35.4 Å². The minimum absolute atomic E-state index is 0.496. The maximum atomic E-state index is 6.09. The number of aryl methyl sites for hydroxylation is 1. The number of benzene rings is 1. The number of nitrogens with two attached hydrogens (primary N) is 1. The third-order valence-electron chi connectivity index (χ3n) is 3.58. The molecule has 98 valence electrons. The minimum Gasteiger partial charge on any atom is -0.473 e. The molecule has 1 aliphatic rings. The highest BCUT2D eigenvalue weighted by molar-refractivity contribution is 5.52. The molecule has 3 heteroatoms. The SMILES string of the molecule is Cc1cccnc1OCc1c(N)cccc1C1CC1. The zero-order valence-electron chi connectivity index (χ0n) is 11.1. The predicted octanol–water partition coefficient (Wildman–Crippen LogP) is 3.43. The summed E-state index contributed by atoms with van der Waals surface area (Å²) in [7, 11) is 0. The van der Waals surface area contributed by atoms with Crippen LogP contribution in [0.25, 0.3) is 0 Å². The second-order valence-electron chi connectivity index (χ2n) is 5.10. The fourth-order valence-corrected chi connectivity index (χ4v) is 2.33. The first-order chi connectivity index (χ1) is 9.25. The molecule has 1 aliphatic carbocycles. The number of nitrogen functional groups attached to an aromatic ring is 1. The first kappa shape index (κ1) is 12.0. The highest BCUT2D eigenvalue weighted by Crippen LogP contribution is 2.43. The van der Waals surface area contributed by atoms with Crippen molar-refractivity contribution in [3.8, 4) is 5.88 Å². The number of anilines is 1. The number of nitrogens with zero attached hydrogens (tertiary/aromatic N) is 1. The summed E-state index contributed by atoms with van der Waals surface area (Å²) in [6.07, 6.45) is 4.27. The van der Waals surface area contributed by atoms with Gasteiger partial charge in [0.25, 0.3) is 0 Å². The lowest BCUT2D eigenvalue weighted by Crippen LogP contribution is -2.05. The van der Waals surface area contributed by atoms with Gasteiger partial charge in [0.2, 0.25) is 5.88 Å². The van der Waals surface area contributed by atoms with E-state index in [1.165, 1.54) is 18.4 Å². The van der Waals surface area contributed by atoms with Gasteiger partial charge in [-0.3, -0.25) is 0 Å². The Hall–Kier alpha value is -2.03. The highest BCUT2D eigenvalue weighted by atomic mass is 16.5. The first-order valence-corrected chi connectivity index (χ1v) is 6.67. The van der Waals surface area contributed by atoms with Crippen molar-refractivity contribution in [3.63, 3.8) is 0 Å². The average Bonchev–Trinajstić information content (AvgIpc) is 3.23. The average molecular weight is 254 g/mol. The number of hydrogen-bond donors (Lipinski definition) is 1. The predicted molar refractivity (Wildman–Crippen MR) is 76.1 cm³/mol. The molecular weight excluding hydrogens is 236 g/mol. The molecule has 1 saturated carbocycles. The highest BCUT2D eigenvalue weighted by Gasteiger charge is 2.26. The van der Waals surface area contributed by atoms with E-state index in [1.807, 2.05) is 31.2 Å². The Morgan fingerprint density at radius 1 is 1.26 bits per heavy atom. The van der Waals surface area contributed by atoms with E-state index < -0.39 is 0 Å². The summed E-state index contributed by atoms with van der Waals surface area (Å²) in [6.45, 7) is 2.49. The monoisotopic (exact) mass is 254 g/mol. The van der Waals surface area contributed by atoms with Gasteiger partial charge in [-0.15, -0.1) is 0 Å². The molecule has 3 nitrogen and oxygen atoms in total. The van der Waals surface area contributed by atoms with E-state index in [2.05, 4.69) is 11.1 Å².